The molecule has 17 heavy (non-hydrogen) atoms. The van der Waals surface area contributed by atoms with Crippen LogP contribution in [0.1, 0.15) is 42.7 Å². The van der Waals surface area contributed by atoms with Gasteiger partial charge in [-0.2, -0.15) is 0 Å². The van der Waals surface area contributed by atoms with Crippen molar-refractivity contribution >= 4 is 17.5 Å². The van der Waals surface area contributed by atoms with E-state index in [1.165, 1.54) is 0 Å². The number of rotatable bonds is 5. The maximum atomic E-state index is 12.1. The van der Waals surface area contributed by atoms with Gasteiger partial charge in [-0.1, -0.05) is 6.92 Å². The number of halogens is 1. The fourth-order valence-corrected chi connectivity index (χ4v) is 1.99. The van der Waals surface area contributed by atoms with Gasteiger partial charge in [-0.25, -0.2) is 0 Å². The number of amides is 1. The Kier molecular flexibility index (Phi) is 4.94. The molecule has 0 radical (unpaired) electrons. The molecule has 0 saturated carbocycles. The van der Waals surface area contributed by atoms with Crippen LogP contribution >= 0.6 is 11.6 Å². The van der Waals surface area contributed by atoms with E-state index in [0.717, 1.165) is 18.5 Å². The molecule has 0 spiro atoms. The van der Waals surface area contributed by atoms with E-state index in [0.29, 0.717) is 11.4 Å². The lowest BCUT2D eigenvalue weighted by Crippen LogP contribution is -2.45. The summed E-state index contributed by atoms with van der Waals surface area (Å²) < 4.78 is 0. The van der Waals surface area contributed by atoms with Crippen LogP contribution in [0.2, 0.25) is 0 Å². The highest BCUT2D eigenvalue weighted by molar-refractivity contribution is 6.17. The summed E-state index contributed by atoms with van der Waals surface area (Å²) in [5.74, 6) is 0.477. The first-order chi connectivity index (χ1) is 8.00. The van der Waals surface area contributed by atoms with E-state index in [4.69, 9.17) is 11.6 Å². The normalized spacial score (nSPS) is 14.1. The van der Waals surface area contributed by atoms with E-state index < -0.39 is 0 Å². The lowest BCUT2D eigenvalue weighted by molar-refractivity contribution is 0.0901. The Hall–Kier alpha value is -1.09. The number of carbonyl (C=O) groups excluding carboxylic acids is 1. The highest BCUT2D eigenvalue weighted by atomic mass is 35.5. The summed E-state index contributed by atoms with van der Waals surface area (Å²) in [6.45, 7) is 5.93. The Bertz CT molecular complexity index is 395. The molecule has 0 aliphatic carbocycles. The Labute approximate surface area is 108 Å². The topological polar surface area (TPSA) is 42.0 Å². The molecule has 1 aromatic rings. The summed E-state index contributed by atoms with van der Waals surface area (Å²) in [4.78, 5) is 16.1. The van der Waals surface area contributed by atoms with E-state index in [1.54, 1.807) is 18.3 Å². The van der Waals surface area contributed by atoms with Crippen LogP contribution in [0.4, 0.5) is 0 Å². The second-order valence-corrected chi connectivity index (χ2v) is 4.87. The standard InChI is InChI=1S/C13H19ClN2O/c1-4-13(3,6-7-14)16-12(17)11-5-8-15-10(2)9-11/h5,8-9H,4,6-7H2,1-3H3,(H,16,17). The number of alkyl halides is 1. The first-order valence-corrected chi connectivity index (χ1v) is 6.35. The molecule has 1 rings (SSSR count). The first kappa shape index (κ1) is 14.0. The fourth-order valence-electron chi connectivity index (χ4n) is 1.57. The van der Waals surface area contributed by atoms with Crippen molar-refractivity contribution in [2.75, 3.05) is 5.88 Å². The molecule has 1 heterocycles. The highest BCUT2D eigenvalue weighted by Crippen LogP contribution is 2.16. The fraction of sp³-hybridized carbons (Fsp3) is 0.538. The molecule has 3 nitrogen and oxygen atoms in total. The number of pyridine rings is 1. The molecular weight excluding hydrogens is 236 g/mol. The van der Waals surface area contributed by atoms with Crippen molar-refractivity contribution in [2.24, 2.45) is 0 Å². The Morgan fingerprint density at radius 2 is 2.29 bits per heavy atom. The van der Waals surface area contributed by atoms with Crippen LogP contribution in [-0.2, 0) is 0 Å². The Balaban J connectivity index is 2.77. The second kappa shape index (κ2) is 6.01. The predicted octanol–water partition coefficient (Wildman–Crippen LogP) is 2.92. The van der Waals surface area contributed by atoms with Crippen molar-refractivity contribution in [1.82, 2.24) is 10.3 Å². The van der Waals surface area contributed by atoms with Gasteiger partial charge in [0.25, 0.3) is 5.91 Å². The average molecular weight is 255 g/mol. The summed E-state index contributed by atoms with van der Waals surface area (Å²) in [6.07, 6.45) is 3.27. The zero-order valence-electron chi connectivity index (χ0n) is 10.6. The van der Waals surface area contributed by atoms with E-state index in [2.05, 4.69) is 10.3 Å². The summed E-state index contributed by atoms with van der Waals surface area (Å²) in [5, 5.41) is 3.04. The van der Waals surface area contributed by atoms with Gasteiger partial charge in [0.15, 0.2) is 0 Å². The molecule has 0 fully saturated rings. The van der Waals surface area contributed by atoms with Gasteiger partial charge in [-0.05, 0) is 38.8 Å². The third kappa shape index (κ3) is 4.00. The molecule has 1 aromatic heterocycles. The van der Waals surface area contributed by atoms with E-state index >= 15 is 0 Å². The second-order valence-electron chi connectivity index (χ2n) is 4.49. The van der Waals surface area contributed by atoms with Crippen molar-refractivity contribution in [3.63, 3.8) is 0 Å². The summed E-state index contributed by atoms with van der Waals surface area (Å²) in [5.41, 5.74) is 1.25. The lowest BCUT2D eigenvalue weighted by atomic mass is 9.95. The minimum atomic E-state index is -0.240. The van der Waals surface area contributed by atoms with Gasteiger partial charge in [0, 0.05) is 28.9 Å². The van der Waals surface area contributed by atoms with Crippen molar-refractivity contribution in [3.05, 3.63) is 29.6 Å². The van der Waals surface area contributed by atoms with Gasteiger partial charge >= 0.3 is 0 Å². The van der Waals surface area contributed by atoms with E-state index in [9.17, 15) is 4.79 Å². The largest absolute Gasteiger partial charge is 0.347 e. The number of hydrogen-bond donors (Lipinski definition) is 1. The molecule has 1 unspecified atom stereocenters. The number of nitrogens with zero attached hydrogens (tertiary/aromatic N) is 1. The molecule has 0 aliphatic rings. The van der Waals surface area contributed by atoms with Gasteiger partial charge in [0.1, 0.15) is 0 Å². The zero-order chi connectivity index (χ0) is 12.9. The molecule has 0 aromatic carbocycles. The van der Waals surface area contributed by atoms with Crippen LogP contribution in [-0.4, -0.2) is 22.3 Å². The minimum absolute atomic E-state index is 0.0648. The minimum Gasteiger partial charge on any atom is -0.347 e. The highest BCUT2D eigenvalue weighted by Gasteiger charge is 2.24. The summed E-state index contributed by atoms with van der Waals surface area (Å²) in [7, 11) is 0. The van der Waals surface area contributed by atoms with Crippen LogP contribution in [0.5, 0.6) is 0 Å². The monoisotopic (exact) mass is 254 g/mol. The molecule has 0 bridgehead atoms. The van der Waals surface area contributed by atoms with Crippen molar-refractivity contribution in [2.45, 2.75) is 39.2 Å². The smallest absolute Gasteiger partial charge is 0.251 e. The van der Waals surface area contributed by atoms with Crippen molar-refractivity contribution in [1.29, 1.82) is 0 Å². The first-order valence-electron chi connectivity index (χ1n) is 5.82. The molecule has 1 atom stereocenters. The average Bonchev–Trinajstić information content (AvgIpc) is 2.29. The molecule has 4 heteroatoms. The molecule has 94 valence electrons. The molecular formula is C13H19ClN2O. The SMILES string of the molecule is CCC(C)(CCCl)NC(=O)c1ccnc(C)c1. The lowest BCUT2D eigenvalue weighted by Gasteiger charge is -2.29. The third-order valence-electron chi connectivity index (χ3n) is 3.00. The van der Waals surface area contributed by atoms with Gasteiger partial charge in [0.2, 0.25) is 0 Å². The number of hydrogen-bond acceptors (Lipinski definition) is 2. The van der Waals surface area contributed by atoms with E-state index in [-0.39, 0.29) is 11.4 Å². The molecule has 1 amide bonds. The maximum absolute atomic E-state index is 12.1. The number of aromatic nitrogens is 1. The molecule has 0 saturated heterocycles. The van der Waals surface area contributed by atoms with Crippen LogP contribution in [0.25, 0.3) is 0 Å². The summed E-state index contributed by atoms with van der Waals surface area (Å²) in [6, 6.07) is 3.51. The van der Waals surface area contributed by atoms with Gasteiger partial charge < -0.3 is 5.32 Å². The molecule has 1 N–H and O–H groups in total. The van der Waals surface area contributed by atoms with Crippen molar-refractivity contribution in [3.8, 4) is 0 Å². The van der Waals surface area contributed by atoms with Gasteiger partial charge in [0.05, 0.1) is 0 Å². The van der Waals surface area contributed by atoms with Crippen LogP contribution in [0.3, 0.4) is 0 Å². The zero-order valence-corrected chi connectivity index (χ0v) is 11.3. The van der Waals surface area contributed by atoms with Gasteiger partial charge in [-0.15, -0.1) is 11.6 Å². The van der Waals surface area contributed by atoms with Crippen molar-refractivity contribution < 1.29 is 4.79 Å². The third-order valence-corrected chi connectivity index (χ3v) is 3.19. The quantitative estimate of drug-likeness (QED) is 0.821. The van der Waals surface area contributed by atoms with E-state index in [1.807, 2.05) is 20.8 Å². The van der Waals surface area contributed by atoms with Gasteiger partial charge in [-0.3, -0.25) is 9.78 Å². The summed E-state index contributed by atoms with van der Waals surface area (Å²) >= 11 is 5.76. The number of aryl methyl sites for hydroxylation is 1. The molecule has 0 aliphatic heterocycles. The maximum Gasteiger partial charge on any atom is 0.251 e. The van der Waals surface area contributed by atoms with Crippen LogP contribution in [0.15, 0.2) is 18.3 Å². The number of nitrogens with one attached hydrogen (secondary N) is 1. The predicted molar refractivity (Wildman–Crippen MR) is 70.5 cm³/mol. The van der Waals surface area contributed by atoms with Crippen LogP contribution in [0, 0.1) is 6.92 Å². The van der Waals surface area contributed by atoms with Crippen LogP contribution < -0.4 is 5.32 Å². The Morgan fingerprint density at radius 1 is 1.59 bits per heavy atom. The Morgan fingerprint density at radius 3 is 2.82 bits per heavy atom. The number of carbonyl (C=O) groups is 1.